The second-order valence-corrected chi connectivity index (χ2v) is 4.44. The summed E-state index contributed by atoms with van der Waals surface area (Å²) in [7, 11) is 0. The third kappa shape index (κ3) is 3.18. The monoisotopic (exact) mass is 212 g/mol. The largest absolute Gasteiger partial charge is 0.381 e. The minimum absolute atomic E-state index is 0.181. The van der Waals surface area contributed by atoms with Gasteiger partial charge in [0.25, 0.3) is 0 Å². The zero-order chi connectivity index (χ0) is 10.5. The van der Waals surface area contributed by atoms with Crippen LogP contribution >= 0.6 is 0 Å². The smallest absolute Gasteiger partial charge is 0.223 e. The average molecular weight is 212 g/mol. The van der Waals surface area contributed by atoms with Crippen molar-refractivity contribution >= 4 is 5.91 Å². The summed E-state index contributed by atoms with van der Waals surface area (Å²) in [6.45, 7) is 3.49. The zero-order valence-electron chi connectivity index (χ0n) is 9.13. The van der Waals surface area contributed by atoms with Crippen molar-refractivity contribution in [2.24, 2.45) is 5.92 Å². The van der Waals surface area contributed by atoms with Gasteiger partial charge in [0.05, 0.1) is 0 Å². The second kappa shape index (κ2) is 5.47. The lowest BCUT2D eigenvalue weighted by molar-refractivity contribution is -0.128. The van der Waals surface area contributed by atoms with E-state index in [-0.39, 0.29) is 11.8 Å². The van der Waals surface area contributed by atoms with Crippen LogP contribution in [0.3, 0.4) is 0 Å². The van der Waals surface area contributed by atoms with Gasteiger partial charge in [-0.15, -0.1) is 0 Å². The van der Waals surface area contributed by atoms with E-state index >= 15 is 0 Å². The van der Waals surface area contributed by atoms with Crippen LogP contribution in [0.2, 0.25) is 0 Å². The fraction of sp³-hybridized carbons (Fsp3) is 0.909. The van der Waals surface area contributed by atoms with E-state index < -0.39 is 0 Å². The molecule has 0 unspecified atom stereocenters. The van der Waals surface area contributed by atoms with Gasteiger partial charge in [0.15, 0.2) is 0 Å². The van der Waals surface area contributed by atoms with Crippen LogP contribution in [-0.2, 0) is 9.53 Å². The summed E-state index contributed by atoms with van der Waals surface area (Å²) in [4.78, 5) is 11.9. The Morgan fingerprint density at radius 2 is 2.07 bits per heavy atom. The van der Waals surface area contributed by atoms with E-state index in [1.54, 1.807) is 0 Å². The topological polar surface area (TPSA) is 50.4 Å². The second-order valence-electron chi connectivity index (χ2n) is 4.44. The molecule has 2 saturated heterocycles. The van der Waals surface area contributed by atoms with Gasteiger partial charge in [-0.25, -0.2) is 0 Å². The standard InChI is InChI=1S/C11H20N2O2/c14-11(9-3-6-15-7-4-9)13-10-2-1-5-12-8-10/h9-10,12H,1-8H2,(H,13,14)/t10-/m1/s1. The normalized spacial score (nSPS) is 28.7. The molecule has 0 aromatic rings. The molecule has 2 heterocycles. The van der Waals surface area contributed by atoms with Crippen LogP contribution in [0.25, 0.3) is 0 Å². The Balaban J connectivity index is 1.74. The lowest BCUT2D eigenvalue weighted by Crippen LogP contribution is -2.48. The van der Waals surface area contributed by atoms with Crippen molar-refractivity contribution in [3.8, 4) is 0 Å². The van der Waals surface area contributed by atoms with Gasteiger partial charge < -0.3 is 15.4 Å². The fourth-order valence-corrected chi connectivity index (χ4v) is 2.25. The number of rotatable bonds is 2. The molecule has 0 saturated carbocycles. The van der Waals surface area contributed by atoms with Crippen LogP contribution in [-0.4, -0.2) is 38.3 Å². The summed E-state index contributed by atoms with van der Waals surface area (Å²) in [5.41, 5.74) is 0. The van der Waals surface area contributed by atoms with Crippen molar-refractivity contribution in [1.82, 2.24) is 10.6 Å². The first-order chi connectivity index (χ1) is 7.36. The lowest BCUT2D eigenvalue weighted by Gasteiger charge is -2.27. The zero-order valence-corrected chi connectivity index (χ0v) is 9.13. The van der Waals surface area contributed by atoms with Gasteiger partial charge in [0.2, 0.25) is 5.91 Å². The molecule has 2 aliphatic heterocycles. The van der Waals surface area contributed by atoms with Gasteiger partial charge in [-0.2, -0.15) is 0 Å². The van der Waals surface area contributed by atoms with Crippen LogP contribution in [0, 0.1) is 5.92 Å². The van der Waals surface area contributed by atoms with Crippen molar-refractivity contribution in [1.29, 1.82) is 0 Å². The molecule has 0 aromatic heterocycles. The molecule has 0 radical (unpaired) electrons. The van der Waals surface area contributed by atoms with Crippen molar-refractivity contribution in [2.45, 2.75) is 31.7 Å². The minimum Gasteiger partial charge on any atom is -0.381 e. The highest BCUT2D eigenvalue weighted by molar-refractivity contribution is 5.79. The SMILES string of the molecule is O=C(N[C@@H]1CCCNC1)C1CCOCC1. The number of ether oxygens (including phenoxy) is 1. The van der Waals surface area contributed by atoms with Gasteiger partial charge in [-0.3, -0.25) is 4.79 Å². The molecule has 86 valence electrons. The summed E-state index contributed by atoms with van der Waals surface area (Å²) in [6, 6.07) is 0.342. The summed E-state index contributed by atoms with van der Waals surface area (Å²) in [6.07, 6.45) is 4.04. The molecule has 2 rings (SSSR count). The Hall–Kier alpha value is -0.610. The first kappa shape index (κ1) is 10.9. The van der Waals surface area contributed by atoms with E-state index in [4.69, 9.17) is 4.74 Å². The van der Waals surface area contributed by atoms with E-state index in [0.29, 0.717) is 6.04 Å². The number of hydrogen-bond acceptors (Lipinski definition) is 3. The van der Waals surface area contributed by atoms with Crippen LogP contribution in [0.4, 0.5) is 0 Å². The molecule has 4 nitrogen and oxygen atoms in total. The molecule has 0 aromatic carbocycles. The van der Waals surface area contributed by atoms with Gasteiger partial charge in [0.1, 0.15) is 0 Å². The quantitative estimate of drug-likeness (QED) is 0.691. The van der Waals surface area contributed by atoms with E-state index in [2.05, 4.69) is 10.6 Å². The predicted octanol–water partition coefficient (Wildman–Crippen LogP) is 0.281. The lowest BCUT2D eigenvalue weighted by atomic mass is 9.98. The Morgan fingerprint density at radius 1 is 1.27 bits per heavy atom. The van der Waals surface area contributed by atoms with Crippen molar-refractivity contribution < 1.29 is 9.53 Å². The number of hydrogen-bond donors (Lipinski definition) is 2. The van der Waals surface area contributed by atoms with Gasteiger partial charge >= 0.3 is 0 Å². The van der Waals surface area contributed by atoms with Crippen LogP contribution < -0.4 is 10.6 Å². The molecule has 0 aliphatic carbocycles. The minimum atomic E-state index is 0.181. The van der Waals surface area contributed by atoms with E-state index in [1.165, 1.54) is 6.42 Å². The van der Waals surface area contributed by atoms with E-state index in [0.717, 1.165) is 45.6 Å². The third-order valence-electron chi connectivity index (χ3n) is 3.24. The Bertz CT molecular complexity index is 209. The van der Waals surface area contributed by atoms with Crippen LogP contribution in [0.5, 0.6) is 0 Å². The molecule has 2 N–H and O–H groups in total. The number of piperidine rings is 1. The molecular weight excluding hydrogens is 192 g/mol. The van der Waals surface area contributed by atoms with E-state index in [9.17, 15) is 4.79 Å². The van der Waals surface area contributed by atoms with Crippen molar-refractivity contribution in [2.75, 3.05) is 26.3 Å². The molecular formula is C11H20N2O2. The van der Waals surface area contributed by atoms with Gasteiger partial charge in [-0.05, 0) is 32.2 Å². The van der Waals surface area contributed by atoms with E-state index in [1.807, 2.05) is 0 Å². The molecule has 1 atom stereocenters. The molecule has 0 bridgehead atoms. The highest BCUT2D eigenvalue weighted by atomic mass is 16.5. The molecule has 15 heavy (non-hydrogen) atoms. The highest BCUT2D eigenvalue weighted by Crippen LogP contribution is 2.15. The number of carbonyl (C=O) groups is 1. The maximum Gasteiger partial charge on any atom is 0.223 e. The molecule has 1 amide bonds. The predicted molar refractivity (Wildman–Crippen MR) is 57.6 cm³/mol. The Kier molecular flexibility index (Phi) is 3.97. The summed E-state index contributed by atoms with van der Waals surface area (Å²) < 4.78 is 5.25. The fourth-order valence-electron chi connectivity index (χ4n) is 2.25. The van der Waals surface area contributed by atoms with Crippen molar-refractivity contribution in [3.63, 3.8) is 0 Å². The van der Waals surface area contributed by atoms with Gasteiger partial charge in [0, 0.05) is 31.7 Å². The van der Waals surface area contributed by atoms with Gasteiger partial charge in [-0.1, -0.05) is 0 Å². The maximum atomic E-state index is 11.9. The maximum absolute atomic E-state index is 11.9. The number of amides is 1. The number of nitrogens with one attached hydrogen (secondary N) is 2. The van der Waals surface area contributed by atoms with Crippen LogP contribution in [0.15, 0.2) is 0 Å². The highest BCUT2D eigenvalue weighted by Gasteiger charge is 2.24. The summed E-state index contributed by atoms with van der Waals surface area (Å²) in [5, 5.41) is 6.44. The first-order valence-electron chi connectivity index (χ1n) is 5.95. The molecule has 0 spiro atoms. The number of carbonyl (C=O) groups excluding carboxylic acids is 1. The van der Waals surface area contributed by atoms with Crippen molar-refractivity contribution in [3.05, 3.63) is 0 Å². The molecule has 2 aliphatic rings. The molecule has 4 heteroatoms. The average Bonchev–Trinajstić information content (AvgIpc) is 2.31. The van der Waals surface area contributed by atoms with Crippen LogP contribution in [0.1, 0.15) is 25.7 Å². The summed E-state index contributed by atoms with van der Waals surface area (Å²) >= 11 is 0. The first-order valence-corrected chi connectivity index (χ1v) is 5.95. The third-order valence-corrected chi connectivity index (χ3v) is 3.24. The Morgan fingerprint density at radius 3 is 2.73 bits per heavy atom. The summed E-state index contributed by atoms with van der Waals surface area (Å²) in [5.74, 6) is 0.410. The molecule has 2 fully saturated rings. The Labute approximate surface area is 90.8 Å².